The molecule has 63 heavy (non-hydrogen) atoms. The van der Waals surface area contributed by atoms with E-state index in [1.165, 1.54) is 4.90 Å². The first-order valence-corrected chi connectivity index (χ1v) is 21.4. The number of nitrogens with one attached hydrogen (secondary N) is 3. The highest BCUT2D eigenvalue weighted by Crippen LogP contribution is 2.19. The van der Waals surface area contributed by atoms with Crippen LogP contribution in [-0.2, 0) is 23.7 Å². The Bertz CT molecular complexity index is 1790. The van der Waals surface area contributed by atoms with Gasteiger partial charge in [0.2, 0.25) is 11.9 Å². The zero-order valence-corrected chi connectivity index (χ0v) is 40.7. The summed E-state index contributed by atoms with van der Waals surface area (Å²) < 4.78 is 27.7. The van der Waals surface area contributed by atoms with Gasteiger partial charge in [-0.15, -0.1) is 9.98 Å². The van der Waals surface area contributed by atoms with Crippen molar-refractivity contribution in [2.75, 3.05) is 19.6 Å². The molecule has 17 heteroatoms. The molecular weight excluding hydrogens is 811 g/mol. The molecule has 0 saturated carbocycles. The van der Waals surface area contributed by atoms with E-state index in [-0.39, 0.29) is 31.4 Å². The maximum Gasteiger partial charge on any atom is 0.437 e. The Morgan fingerprint density at radius 3 is 1.52 bits per heavy atom. The molecule has 0 heterocycles. The zero-order valence-electron chi connectivity index (χ0n) is 40.7. The Hall–Kier alpha value is -5.48. The van der Waals surface area contributed by atoms with Crippen molar-refractivity contribution in [2.45, 2.75) is 177 Å². The van der Waals surface area contributed by atoms with E-state index < -0.39 is 58.5 Å². The number of hydrogen-bond acceptors (Lipinski definition) is 11. The number of amides is 5. The molecule has 0 aliphatic carbocycles. The molecule has 5 amide bonds. The number of aliphatic imine (C=N–C) groups is 2. The van der Waals surface area contributed by atoms with Gasteiger partial charge in [-0.25, -0.2) is 33.8 Å². The van der Waals surface area contributed by atoms with Gasteiger partial charge in [-0.05, 0) is 141 Å². The Morgan fingerprint density at radius 2 is 1.05 bits per heavy atom. The standard InChI is InChI=1S/C46H75N7O10/c1-32(47)34-27-25-33(26-28-34)24-20-23-31-53(41(58)63-46(14,15)16)36(51-39(56)61-44(8,9)10)52(40(57)62-45(11,12)13)30-22-19-17-18-21-29-48-35(49-37(54)59-42(2,3)4)50-38(55)60-43(5,6)7/h20,24-28,47H,17-19,21-23,29-31H2,1-16H3,(H2,48,49,50,54,55)/b24-20?,47-32?,51-36-. The summed E-state index contributed by atoms with van der Waals surface area (Å²) in [5, 5.41) is 13.3. The first-order chi connectivity index (χ1) is 28.7. The fourth-order valence-electron chi connectivity index (χ4n) is 5.10. The van der Waals surface area contributed by atoms with E-state index in [9.17, 15) is 24.0 Å². The molecule has 0 spiro atoms. The molecule has 17 nitrogen and oxygen atoms in total. The molecule has 0 unspecified atom stereocenters. The summed E-state index contributed by atoms with van der Waals surface area (Å²) >= 11 is 0. The highest BCUT2D eigenvalue weighted by atomic mass is 16.6. The first kappa shape index (κ1) is 55.5. The monoisotopic (exact) mass is 886 g/mol. The highest BCUT2D eigenvalue weighted by molar-refractivity contribution is 6.05. The number of rotatable bonds is 13. The summed E-state index contributed by atoms with van der Waals surface area (Å²) in [5.41, 5.74) is -2.24. The molecule has 1 aromatic rings. The Balaban J connectivity index is 3.37. The molecule has 0 fully saturated rings. The molecule has 0 saturated heterocycles. The van der Waals surface area contributed by atoms with Crippen LogP contribution < -0.4 is 10.6 Å². The summed E-state index contributed by atoms with van der Waals surface area (Å²) in [6.07, 6.45) is 2.76. The van der Waals surface area contributed by atoms with E-state index in [0.717, 1.165) is 16.0 Å². The highest BCUT2D eigenvalue weighted by Gasteiger charge is 2.35. The molecule has 0 aromatic heterocycles. The second-order valence-electron chi connectivity index (χ2n) is 19.9. The second kappa shape index (κ2) is 24.4. The van der Waals surface area contributed by atoms with Crippen LogP contribution in [0.15, 0.2) is 40.3 Å². The van der Waals surface area contributed by atoms with Crippen LogP contribution in [-0.4, -0.2) is 106 Å². The average molecular weight is 886 g/mol. The van der Waals surface area contributed by atoms with Crippen molar-refractivity contribution >= 4 is 54.2 Å². The zero-order chi connectivity index (χ0) is 48.4. The van der Waals surface area contributed by atoms with E-state index in [1.807, 2.05) is 36.4 Å². The maximum absolute atomic E-state index is 14.0. The number of hydrogen-bond donors (Lipinski definition) is 3. The van der Waals surface area contributed by atoms with Gasteiger partial charge in [-0.1, -0.05) is 55.7 Å². The molecular formula is C46H75N7O10. The fraction of sp³-hybridized carbons (Fsp3) is 0.652. The SMILES string of the molecule is CC(=N)c1ccc(C=CCCN(C(=O)OC(C)(C)C)/C(=N\C(=O)OC(C)(C)C)N(CCCCCCCN/C(=N\C(=O)OC(C)(C)C)NC(=O)OC(C)(C)C)C(=O)OC(C)(C)C)cc1. The minimum absolute atomic E-state index is 0.0230. The molecule has 0 aliphatic heterocycles. The lowest BCUT2D eigenvalue weighted by atomic mass is 10.1. The molecule has 0 bridgehead atoms. The van der Waals surface area contributed by atoms with Crippen LogP contribution in [0.25, 0.3) is 6.08 Å². The lowest BCUT2D eigenvalue weighted by Crippen LogP contribution is -2.53. The molecule has 3 N–H and O–H groups in total. The summed E-state index contributed by atoms with van der Waals surface area (Å²) in [7, 11) is 0. The Morgan fingerprint density at radius 1 is 0.603 bits per heavy atom. The van der Waals surface area contributed by atoms with Gasteiger partial charge in [0.1, 0.15) is 28.0 Å². The van der Waals surface area contributed by atoms with Gasteiger partial charge in [0, 0.05) is 25.3 Å². The van der Waals surface area contributed by atoms with Crippen LogP contribution in [0.5, 0.6) is 0 Å². The first-order valence-electron chi connectivity index (χ1n) is 21.4. The number of carbonyl (C=O) groups excluding carboxylic acids is 5. The third-order valence-electron chi connectivity index (χ3n) is 7.54. The third-order valence-corrected chi connectivity index (χ3v) is 7.54. The van der Waals surface area contributed by atoms with Crippen LogP contribution in [0.2, 0.25) is 0 Å². The van der Waals surface area contributed by atoms with Gasteiger partial charge in [0.15, 0.2) is 0 Å². The Labute approximate surface area is 375 Å². The lowest BCUT2D eigenvalue weighted by molar-refractivity contribution is 0.0273. The van der Waals surface area contributed by atoms with Gasteiger partial charge in [0.25, 0.3) is 0 Å². The molecule has 1 rings (SSSR count). The van der Waals surface area contributed by atoms with Crippen molar-refractivity contribution in [3.05, 3.63) is 41.5 Å². The number of carbonyl (C=O) groups is 5. The van der Waals surface area contributed by atoms with E-state index in [2.05, 4.69) is 20.6 Å². The van der Waals surface area contributed by atoms with E-state index >= 15 is 0 Å². The second-order valence-corrected chi connectivity index (χ2v) is 19.9. The van der Waals surface area contributed by atoms with Crippen molar-refractivity contribution in [2.24, 2.45) is 9.98 Å². The predicted molar refractivity (Wildman–Crippen MR) is 246 cm³/mol. The normalized spacial score (nSPS) is 12.9. The average Bonchev–Trinajstić information content (AvgIpc) is 3.06. The van der Waals surface area contributed by atoms with Crippen LogP contribution in [0.1, 0.15) is 160 Å². The minimum atomic E-state index is -1.01. The molecule has 0 atom stereocenters. The van der Waals surface area contributed by atoms with Gasteiger partial charge in [-0.3, -0.25) is 5.32 Å². The van der Waals surface area contributed by atoms with Crippen LogP contribution in [0.4, 0.5) is 24.0 Å². The van der Waals surface area contributed by atoms with Crippen LogP contribution in [0.3, 0.4) is 0 Å². The number of nitrogens with zero attached hydrogens (tertiary/aromatic N) is 4. The summed E-state index contributed by atoms with van der Waals surface area (Å²) in [5.74, 6) is -0.411. The number of benzene rings is 1. The van der Waals surface area contributed by atoms with E-state index in [4.69, 9.17) is 29.1 Å². The van der Waals surface area contributed by atoms with Crippen molar-refractivity contribution in [3.8, 4) is 0 Å². The topological polar surface area (TPSA) is 211 Å². The summed E-state index contributed by atoms with van der Waals surface area (Å²) in [4.78, 5) is 76.7. The molecule has 1 aromatic carbocycles. The predicted octanol–water partition coefficient (Wildman–Crippen LogP) is 10.6. The van der Waals surface area contributed by atoms with Crippen LogP contribution >= 0.6 is 0 Å². The van der Waals surface area contributed by atoms with Crippen LogP contribution in [0, 0.1) is 5.41 Å². The minimum Gasteiger partial charge on any atom is -0.444 e. The van der Waals surface area contributed by atoms with E-state index in [1.54, 1.807) is 111 Å². The Kier molecular flexibility index (Phi) is 21.5. The van der Waals surface area contributed by atoms with Crippen molar-refractivity contribution in [3.63, 3.8) is 0 Å². The van der Waals surface area contributed by atoms with E-state index in [0.29, 0.717) is 44.4 Å². The van der Waals surface area contributed by atoms with Gasteiger partial charge in [-0.2, -0.15) is 0 Å². The quantitative estimate of drug-likeness (QED) is 0.0734. The van der Waals surface area contributed by atoms with Crippen molar-refractivity contribution in [1.29, 1.82) is 5.41 Å². The van der Waals surface area contributed by atoms with Gasteiger partial charge < -0.3 is 34.4 Å². The molecule has 354 valence electrons. The number of alkyl carbamates (subject to hydrolysis) is 1. The number of ether oxygens (including phenoxy) is 5. The fourth-order valence-corrected chi connectivity index (χ4v) is 5.10. The van der Waals surface area contributed by atoms with Crippen molar-refractivity contribution in [1.82, 2.24) is 20.4 Å². The molecule has 0 aliphatic rings. The largest absolute Gasteiger partial charge is 0.444 e. The third kappa shape index (κ3) is 26.6. The number of guanidine groups is 2. The van der Waals surface area contributed by atoms with Gasteiger partial charge in [0.05, 0.1) is 0 Å². The van der Waals surface area contributed by atoms with Gasteiger partial charge >= 0.3 is 30.5 Å². The van der Waals surface area contributed by atoms with Crippen molar-refractivity contribution < 1.29 is 47.7 Å². The lowest BCUT2D eigenvalue weighted by Gasteiger charge is -2.34. The smallest absolute Gasteiger partial charge is 0.437 e. The maximum atomic E-state index is 14.0. The number of unbranched alkanes of at least 4 members (excludes halogenated alkanes) is 4. The summed E-state index contributed by atoms with van der Waals surface area (Å²) in [6, 6.07) is 7.46. The molecule has 0 radical (unpaired) electrons. The summed E-state index contributed by atoms with van der Waals surface area (Å²) in [6.45, 7) is 27.6.